The third-order valence-corrected chi connectivity index (χ3v) is 4.70. The number of hydrogen-bond acceptors (Lipinski definition) is 4. The number of rotatable bonds is 6. The van der Waals surface area contributed by atoms with Gasteiger partial charge in [0.2, 0.25) is 5.91 Å². The van der Waals surface area contributed by atoms with Gasteiger partial charge in [0.05, 0.1) is 5.02 Å². The minimum atomic E-state index is -0.181. The van der Waals surface area contributed by atoms with Crippen molar-refractivity contribution in [2.24, 2.45) is 0 Å². The second-order valence-corrected chi connectivity index (χ2v) is 7.03. The van der Waals surface area contributed by atoms with Crippen molar-refractivity contribution in [3.05, 3.63) is 57.6 Å². The Hall–Kier alpha value is -2.53. The van der Waals surface area contributed by atoms with Gasteiger partial charge in [0.1, 0.15) is 13.2 Å². The van der Waals surface area contributed by atoms with Gasteiger partial charge < -0.3 is 14.8 Å². The van der Waals surface area contributed by atoms with Crippen LogP contribution in [0.1, 0.15) is 39.9 Å². The van der Waals surface area contributed by atoms with Crippen LogP contribution in [0.5, 0.6) is 11.5 Å². The molecule has 0 aromatic heterocycles. The highest BCUT2D eigenvalue weighted by Crippen LogP contribution is 2.38. The number of ether oxygens (including phenoxy) is 2. The van der Waals surface area contributed by atoms with E-state index in [0.29, 0.717) is 41.8 Å². The van der Waals surface area contributed by atoms with Gasteiger partial charge in [0.15, 0.2) is 17.3 Å². The SMILES string of the molecule is Cc1ccc(C)c(C(=O)CCC(=O)NCc2cc(Cl)c3c(c2)OCCO3)c1. The fourth-order valence-electron chi connectivity index (χ4n) is 2.95. The number of benzene rings is 2. The van der Waals surface area contributed by atoms with Crippen LogP contribution in [0.4, 0.5) is 0 Å². The van der Waals surface area contributed by atoms with Crippen molar-refractivity contribution in [1.82, 2.24) is 5.32 Å². The molecule has 0 spiro atoms. The average Bonchev–Trinajstić information content (AvgIpc) is 2.66. The zero-order valence-electron chi connectivity index (χ0n) is 15.4. The molecule has 2 aromatic carbocycles. The highest BCUT2D eigenvalue weighted by molar-refractivity contribution is 6.32. The van der Waals surface area contributed by atoms with E-state index in [9.17, 15) is 9.59 Å². The van der Waals surface area contributed by atoms with Crippen LogP contribution in [0.25, 0.3) is 0 Å². The molecule has 1 aliphatic rings. The van der Waals surface area contributed by atoms with E-state index in [2.05, 4.69) is 5.32 Å². The predicted octanol–water partition coefficient (Wildman–Crippen LogP) is 4.01. The summed E-state index contributed by atoms with van der Waals surface area (Å²) in [6, 6.07) is 9.32. The summed E-state index contributed by atoms with van der Waals surface area (Å²) < 4.78 is 11.0. The summed E-state index contributed by atoms with van der Waals surface area (Å²) in [5.74, 6) is 0.925. The maximum absolute atomic E-state index is 12.4. The molecule has 1 aliphatic heterocycles. The van der Waals surface area contributed by atoms with Crippen LogP contribution in [0.3, 0.4) is 0 Å². The standard InChI is InChI=1S/C21H22ClNO4/c1-13-3-4-14(2)16(9-13)18(24)5-6-20(25)23-12-15-10-17(22)21-19(11-15)26-7-8-27-21/h3-4,9-11H,5-8,12H2,1-2H3,(H,23,25). The Morgan fingerprint density at radius 3 is 2.67 bits per heavy atom. The number of fused-ring (bicyclic) bond motifs is 1. The number of carbonyl (C=O) groups excluding carboxylic acids is 2. The minimum absolute atomic E-state index is 0.0197. The molecule has 0 bridgehead atoms. The molecular formula is C21H22ClNO4. The van der Waals surface area contributed by atoms with E-state index in [1.165, 1.54) is 0 Å². The van der Waals surface area contributed by atoms with Crippen molar-refractivity contribution < 1.29 is 19.1 Å². The van der Waals surface area contributed by atoms with Crippen molar-refractivity contribution in [2.45, 2.75) is 33.2 Å². The highest BCUT2D eigenvalue weighted by atomic mass is 35.5. The van der Waals surface area contributed by atoms with Crippen LogP contribution in [0, 0.1) is 13.8 Å². The van der Waals surface area contributed by atoms with E-state index in [1.54, 1.807) is 6.07 Å². The number of ketones is 1. The molecule has 0 radical (unpaired) electrons. The lowest BCUT2D eigenvalue weighted by Gasteiger charge is -2.20. The normalized spacial score (nSPS) is 12.6. The number of carbonyl (C=O) groups is 2. The molecule has 0 saturated carbocycles. The molecule has 27 heavy (non-hydrogen) atoms. The smallest absolute Gasteiger partial charge is 0.220 e. The van der Waals surface area contributed by atoms with Gasteiger partial charge in [-0.05, 0) is 43.2 Å². The van der Waals surface area contributed by atoms with Crippen LogP contribution in [-0.2, 0) is 11.3 Å². The molecule has 2 aromatic rings. The third kappa shape index (κ3) is 4.80. The zero-order chi connectivity index (χ0) is 19.4. The number of halogens is 1. The lowest BCUT2D eigenvalue weighted by molar-refractivity contribution is -0.121. The topological polar surface area (TPSA) is 64.6 Å². The lowest BCUT2D eigenvalue weighted by atomic mass is 9.99. The van der Waals surface area contributed by atoms with Crippen molar-refractivity contribution in [2.75, 3.05) is 13.2 Å². The Kier molecular flexibility index (Phi) is 6.01. The van der Waals surface area contributed by atoms with Crippen LogP contribution in [-0.4, -0.2) is 24.9 Å². The fraction of sp³-hybridized carbons (Fsp3) is 0.333. The van der Waals surface area contributed by atoms with Crippen LogP contribution < -0.4 is 14.8 Å². The lowest BCUT2D eigenvalue weighted by Crippen LogP contribution is -2.23. The Balaban J connectivity index is 1.53. The van der Waals surface area contributed by atoms with Gasteiger partial charge in [-0.3, -0.25) is 9.59 Å². The maximum Gasteiger partial charge on any atom is 0.220 e. The molecule has 1 heterocycles. The number of nitrogens with one attached hydrogen (secondary N) is 1. The Labute approximate surface area is 163 Å². The molecule has 5 nitrogen and oxygen atoms in total. The van der Waals surface area contributed by atoms with Crippen molar-refractivity contribution in [1.29, 1.82) is 0 Å². The van der Waals surface area contributed by atoms with Crippen LogP contribution in [0.15, 0.2) is 30.3 Å². The summed E-state index contributed by atoms with van der Waals surface area (Å²) >= 11 is 6.20. The van der Waals surface area contributed by atoms with Gasteiger partial charge >= 0.3 is 0 Å². The third-order valence-electron chi connectivity index (χ3n) is 4.42. The summed E-state index contributed by atoms with van der Waals surface area (Å²) in [6.07, 6.45) is 0.322. The number of amides is 1. The molecule has 6 heteroatoms. The largest absolute Gasteiger partial charge is 0.486 e. The molecular weight excluding hydrogens is 366 g/mol. The molecule has 0 saturated heterocycles. The maximum atomic E-state index is 12.4. The summed E-state index contributed by atoms with van der Waals surface area (Å²) in [5.41, 5.74) is 3.46. The van der Waals surface area contributed by atoms with E-state index in [4.69, 9.17) is 21.1 Å². The van der Waals surface area contributed by atoms with Gasteiger partial charge in [0.25, 0.3) is 0 Å². The Bertz CT molecular complexity index is 879. The Morgan fingerprint density at radius 2 is 1.85 bits per heavy atom. The van der Waals surface area contributed by atoms with E-state index in [-0.39, 0.29) is 24.5 Å². The second-order valence-electron chi connectivity index (χ2n) is 6.62. The summed E-state index contributed by atoms with van der Waals surface area (Å²) in [7, 11) is 0. The van der Waals surface area contributed by atoms with Gasteiger partial charge in [-0.15, -0.1) is 0 Å². The molecule has 0 atom stereocenters. The summed E-state index contributed by atoms with van der Waals surface area (Å²) in [5, 5.41) is 3.28. The molecule has 0 unspecified atom stereocenters. The van der Waals surface area contributed by atoms with Crippen LogP contribution in [0.2, 0.25) is 5.02 Å². The summed E-state index contributed by atoms with van der Waals surface area (Å²) in [6.45, 7) is 5.10. The minimum Gasteiger partial charge on any atom is -0.486 e. The molecule has 142 valence electrons. The van der Waals surface area contributed by atoms with Crippen molar-refractivity contribution in [3.8, 4) is 11.5 Å². The first-order valence-electron chi connectivity index (χ1n) is 8.89. The number of aryl methyl sites for hydroxylation is 2. The van der Waals surface area contributed by atoms with Gasteiger partial charge in [0, 0.05) is 24.9 Å². The molecule has 3 rings (SSSR count). The fourth-order valence-corrected chi connectivity index (χ4v) is 3.24. The van der Waals surface area contributed by atoms with Gasteiger partial charge in [-0.2, -0.15) is 0 Å². The number of Topliss-reactive ketones (excluding diaryl/α,β-unsaturated/α-hetero) is 1. The first-order chi connectivity index (χ1) is 12.9. The molecule has 1 N–H and O–H groups in total. The van der Waals surface area contributed by atoms with Crippen molar-refractivity contribution >= 4 is 23.3 Å². The van der Waals surface area contributed by atoms with Gasteiger partial charge in [-0.1, -0.05) is 29.3 Å². The average molecular weight is 388 g/mol. The first-order valence-corrected chi connectivity index (χ1v) is 9.27. The van der Waals surface area contributed by atoms with Crippen molar-refractivity contribution in [3.63, 3.8) is 0 Å². The number of hydrogen-bond donors (Lipinski definition) is 1. The predicted molar refractivity (Wildman–Crippen MR) is 104 cm³/mol. The van der Waals surface area contributed by atoms with E-state index in [0.717, 1.165) is 16.7 Å². The monoisotopic (exact) mass is 387 g/mol. The second kappa shape index (κ2) is 8.44. The molecule has 0 aliphatic carbocycles. The van der Waals surface area contributed by atoms with E-state index < -0.39 is 0 Å². The quantitative estimate of drug-likeness (QED) is 0.760. The van der Waals surface area contributed by atoms with E-state index in [1.807, 2.05) is 38.1 Å². The Morgan fingerprint density at radius 1 is 1.07 bits per heavy atom. The van der Waals surface area contributed by atoms with Gasteiger partial charge in [-0.25, -0.2) is 0 Å². The zero-order valence-corrected chi connectivity index (χ0v) is 16.2. The highest BCUT2D eigenvalue weighted by Gasteiger charge is 2.17. The summed E-state index contributed by atoms with van der Waals surface area (Å²) in [4.78, 5) is 24.5. The van der Waals surface area contributed by atoms with E-state index >= 15 is 0 Å². The first kappa shape index (κ1) is 19.2. The molecule has 1 amide bonds. The van der Waals surface area contributed by atoms with Crippen LogP contribution >= 0.6 is 11.6 Å². The molecule has 0 fully saturated rings.